The number of benzene rings is 1. The third-order valence-corrected chi connectivity index (χ3v) is 3.94. The van der Waals surface area contributed by atoms with Gasteiger partial charge in [0.05, 0.1) is 24.5 Å². The summed E-state index contributed by atoms with van der Waals surface area (Å²) < 4.78 is 6.97. The third-order valence-electron chi connectivity index (χ3n) is 3.57. The molecule has 1 aromatic carbocycles. The number of aromatic nitrogens is 2. The summed E-state index contributed by atoms with van der Waals surface area (Å²) in [4.78, 5) is 12.0. The zero-order chi connectivity index (χ0) is 14.8. The first kappa shape index (κ1) is 13.9. The van der Waals surface area contributed by atoms with Gasteiger partial charge in [-0.25, -0.2) is 4.68 Å². The van der Waals surface area contributed by atoms with Gasteiger partial charge in [0.2, 0.25) is 0 Å². The summed E-state index contributed by atoms with van der Waals surface area (Å²) in [5.74, 6) is 0.868. The van der Waals surface area contributed by atoms with Crippen LogP contribution in [-0.4, -0.2) is 16.4 Å². The molecule has 0 aliphatic carbocycles. The van der Waals surface area contributed by atoms with Gasteiger partial charge in [-0.3, -0.25) is 4.79 Å². The van der Waals surface area contributed by atoms with E-state index in [0.29, 0.717) is 18.8 Å². The van der Waals surface area contributed by atoms with Crippen molar-refractivity contribution < 1.29 is 4.74 Å². The molecule has 0 saturated heterocycles. The minimum atomic E-state index is -0.274. The Morgan fingerprint density at radius 3 is 3.10 bits per heavy atom. The number of aryl methyl sites for hydroxylation is 1. The summed E-state index contributed by atoms with van der Waals surface area (Å²) in [5.41, 5.74) is 1.36. The Bertz CT molecular complexity index is 714. The Kier molecular flexibility index (Phi) is 3.84. The molecule has 1 atom stereocenters. The fourth-order valence-corrected chi connectivity index (χ4v) is 2.67. The number of para-hydroxylation sites is 1. The molecule has 2 aromatic rings. The molecule has 21 heavy (non-hydrogen) atoms. The highest BCUT2D eigenvalue weighted by Gasteiger charge is 2.22. The van der Waals surface area contributed by atoms with Crippen LogP contribution in [0.2, 0.25) is 5.02 Å². The molecular weight excluding hydrogens is 290 g/mol. The van der Waals surface area contributed by atoms with Crippen LogP contribution in [0.25, 0.3) is 0 Å². The van der Waals surface area contributed by atoms with E-state index in [4.69, 9.17) is 16.3 Å². The van der Waals surface area contributed by atoms with Crippen LogP contribution in [0.3, 0.4) is 0 Å². The van der Waals surface area contributed by atoms with Crippen LogP contribution >= 0.6 is 11.6 Å². The molecular formula is C15H16ClN3O2. The summed E-state index contributed by atoms with van der Waals surface area (Å²) >= 11 is 6.16. The van der Waals surface area contributed by atoms with Crippen molar-refractivity contribution in [1.82, 2.24) is 9.78 Å². The lowest BCUT2D eigenvalue weighted by molar-refractivity contribution is 0.274. The SMILES string of the molecule is CCn1ncc(NC2CCOc3ccccc32)c(Cl)c1=O. The maximum absolute atomic E-state index is 12.0. The van der Waals surface area contributed by atoms with E-state index in [1.165, 1.54) is 4.68 Å². The van der Waals surface area contributed by atoms with Crippen LogP contribution < -0.4 is 15.6 Å². The van der Waals surface area contributed by atoms with Crippen molar-refractivity contribution in [3.8, 4) is 5.75 Å². The van der Waals surface area contributed by atoms with Gasteiger partial charge >= 0.3 is 0 Å². The first-order chi connectivity index (χ1) is 10.2. The molecule has 0 fully saturated rings. The predicted molar refractivity (Wildman–Crippen MR) is 82.1 cm³/mol. The highest BCUT2D eigenvalue weighted by atomic mass is 35.5. The zero-order valence-corrected chi connectivity index (χ0v) is 12.4. The van der Waals surface area contributed by atoms with Crippen molar-refractivity contribution in [2.75, 3.05) is 11.9 Å². The van der Waals surface area contributed by atoms with Gasteiger partial charge in [-0.2, -0.15) is 5.10 Å². The average molecular weight is 306 g/mol. The summed E-state index contributed by atoms with van der Waals surface area (Å²) in [6.45, 7) is 2.98. The Morgan fingerprint density at radius 1 is 1.48 bits per heavy atom. The molecule has 1 aliphatic rings. The second-order valence-electron chi connectivity index (χ2n) is 4.87. The first-order valence-electron chi connectivity index (χ1n) is 6.94. The molecule has 3 rings (SSSR count). The number of hydrogen-bond acceptors (Lipinski definition) is 4. The molecule has 1 N–H and O–H groups in total. The molecule has 5 nitrogen and oxygen atoms in total. The Balaban J connectivity index is 1.92. The molecule has 0 radical (unpaired) electrons. The minimum Gasteiger partial charge on any atom is -0.493 e. The number of rotatable bonds is 3. The number of nitrogens with zero attached hydrogens (tertiary/aromatic N) is 2. The maximum atomic E-state index is 12.0. The monoisotopic (exact) mass is 305 g/mol. The van der Waals surface area contributed by atoms with E-state index in [1.807, 2.05) is 31.2 Å². The topological polar surface area (TPSA) is 56.1 Å². The number of hydrogen-bond donors (Lipinski definition) is 1. The smallest absolute Gasteiger partial charge is 0.287 e. The Hall–Kier alpha value is -2.01. The lowest BCUT2D eigenvalue weighted by Gasteiger charge is -2.27. The quantitative estimate of drug-likeness (QED) is 0.947. The molecule has 1 aliphatic heterocycles. The highest BCUT2D eigenvalue weighted by Crippen LogP contribution is 2.34. The summed E-state index contributed by atoms with van der Waals surface area (Å²) in [5, 5.41) is 7.59. The first-order valence-corrected chi connectivity index (χ1v) is 7.32. The van der Waals surface area contributed by atoms with Gasteiger partial charge < -0.3 is 10.1 Å². The second kappa shape index (κ2) is 5.77. The number of ether oxygens (including phenoxy) is 1. The van der Waals surface area contributed by atoms with Crippen molar-refractivity contribution in [2.24, 2.45) is 0 Å². The standard InChI is InChI=1S/C15H16ClN3O2/c1-2-19-15(20)14(16)12(9-17-19)18-11-7-8-21-13-6-4-3-5-10(11)13/h3-6,9,11,18H,2,7-8H2,1H3. The third kappa shape index (κ3) is 2.61. The van der Waals surface area contributed by atoms with Crippen LogP contribution in [0.15, 0.2) is 35.3 Å². The van der Waals surface area contributed by atoms with E-state index < -0.39 is 0 Å². The van der Waals surface area contributed by atoms with Gasteiger partial charge in [-0.15, -0.1) is 0 Å². The Morgan fingerprint density at radius 2 is 2.29 bits per heavy atom. The van der Waals surface area contributed by atoms with Crippen LogP contribution in [-0.2, 0) is 6.54 Å². The van der Waals surface area contributed by atoms with Crippen LogP contribution in [0.4, 0.5) is 5.69 Å². The molecule has 1 aromatic heterocycles. The van der Waals surface area contributed by atoms with Crippen molar-refractivity contribution in [3.63, 3.8) is 0 Å². The van der Waals surface area contributed by atoms with Gasteiger partial charge in [0.25, 0.3) is 5.56 Å². The lowest BCUT2D eigenvalue weighted by Crippen LogP contribution is -2.25. The second-order valence-corrected chi connectivity index (χ2v) is 5.24. The fourth-order valence-electron chi connectivity index (χ4n) is 2.47. The molecule has 0 amide bonds. The van der Waals surface area contributed by atoms with Gasteiger partial charge in [-0.1, -0.05) is 29.8 Å². The zero-order valence-electron chi connectivity index (χ0n) is 11.7. The van der Waals surface area contributed by atoms with Crippen molar-refractivity contribution >= 4 is 17.3 Å². The van der Waals surface area contributed by atoms with Gasteiger partial charge in [0, 0.05) is 18.5 Å². The number of halogens is 1. The van der Waals surface area contributed by atoms with Crippen LogP contribution in [0.1, 0.15) is 24.9 Å². The van der Waals surface area contributed by atoms with E-state index >= 15 is 0 Å². The molecule has 2 heterocycles. The van der Waals surface area contributed by atoms with E-state index in [2.05, 4.69) is 10.4 Å². The van der Waals surface area contributed by atoms with E-state index in [-0.39, 0.29) is 16.6 Å². The average Bonchev–Trinajstić information content (AvgIpc) is 2.52. The normalized spacial score (nSPS) is 17.0. The van der Waals surface area contributed by atoms with Gasteiger partial charge in [-0.05, 0) is 13.0 Å². The summed E-state index contributed by atoms with van der Waals surface area (Å²) in [7, 11) is 0. The molecule has 0 saturated carbocycles. The fraction of sp³-hybridized carbons (Fsp3) is 0.333. The lowest BCUT2D eigenvalue weighted by atomic mass is 10.0. The van der Waals surface area contributed by atoms with Crippen LogP contribution in [0.5, 0.6) is 5.75 Å². The van der Waals surface area contributed by atoms with Crippen molar-refractivity contribution in [2.45, 2.75) is 25.9 Å². The largest absolute Gasteiger partial charge is 0.493 e. The maximum Gasteiger partial charge on any atom is 0.287 e. The summed E-state index contributed by atoms with van der Waals surface area (Å²) in [6.07, 6.45) is 2.41. The Labute approximate surface area is 127 Å². The molecule has 0 spiro atoms. The van der Waals surface area contributed by atoms with Gasteiger partial charge in [0.1, 0.15) is 10.8 Å². The van der Waals surface area contributed by atoms with Crippen molar-refractivity contribution in [1.29, 1.82) is 0 Å². The number of anilines is 1. The minimum absolute atomic E-state index is 0.0612. The van der Waals surface area contributed by atoms with E-state index in [9.17, 15) is 4.79 Å². The van der Waals surface area contributed by atoms with Crippen molar-refractivity contribution in [3.05, 3.63) is 51.4 Å². The molecule has 0 bridgehead atoms. The predicted octanol–water partition coefficient (Wildman–Crippen LogP) is 2.85. The molecule has 6 heteroatoms. The van der Waals surface area contributed by atoms with E-state index in [0.717, 1.165) is 17.7 Å². The number of nitrogens with one attached hydrogen (secondary N) is 1. The molecule has 110 valence electrons. The molecule has 1 unspecified atom stereocenters. The van der Waals surface area contributed by atoms with Gasteiger partial charge in [0.15, 0.2) is 0 Å². The van der Waals surface area contributed by atoms with E-state index in [1.54, 1.807) is 6.20 Å². The summed E-state index contributed by atoms with van der Waals surface area (Å²) in [6, 6.07) is 7.93. The number of fused-ring (bicyclic) bond motifs is 1. The van der Waals surface area contributed by atoms with Crippen LogP contribution in [0, 0.1) is 0 Å². The highest BCUT2D eigenvalue weighted by molar-refractivity contribution is 6.32.